The summed E-state index contributed by atoms with van der Waals surface area (Å²) in [4.78, 5) is 0. The zero-order chi connectivity index (χ0) is 8.81. The zero-order valence-corrected chi connectivity index (χ0v) is 7.67. The van der Waals surface area contributed by atoms with Crippen molar-refractivity contribution in [1.82, 2.24) is 0 Å². The first-order valence-corrected chi connectivity index (χ1v) is 5.09. The Morgan fingerprint density at radius 3 is 2.33 bits per heavy atom. The van der Waals surface area contributed by atoms with Crippen LogP contribution in [0.2, 0.25) is 0 Å². The minimum absolute atomic E-state index is 0.0410. The fourth-order valence-corrected chi connectivity index (χ4v) is 1.97. The minimum atomic E-state index is -0.0410. The van der Waals surface area contributed by atoms with Crippen molar-refractivity contribution in [3.8, 4) is 0 Å². The van der Waals surface area contributed by atoms with Gasteiger partial charge in [-0.05, 0) is 38.0 Å². The Morgan fingerprint density at radius 2 is 1.75 bits per heavy atom. The molecule has 71 valence electrons. The first-order chi connectivity index (χ1) is 5.83. The largest absolute Gasteiger partial charge is 0.393 e. The Kier molecular flexibility index (Phi) is 4.62. The van der Waals surface area contributed by atoms with Gasteiger partial charge >= 0.3 is 0 Å². The monoisotopic (exact) mass is 171 g/mol. The lowest BCUT2D eigenvalue weighted by molar-refractivity contribution is 0.104. The van der Waals surface area contributed by atoms with E-state index in [1.54, 1.807) is 0 Å². The molecule has 0 aromatic rings. The highest BCUT2D eigenvalue weighted by Crippen LogP contribution is 2.27. The highest BCUT2D eigenvalue weighted by Gasteiger charge is 2.18. The van der Waals surface area contributed by atoms with E-state index in [0.717, 1.165) is 31.6 Å². The Labute approximate surface area is 74.6 Å². The highest BCUT2D eigenvalue weighted by molar-refractivity contribution is 4.71. The molecule has 12 heavy (non-hydrogen) atoms. The second-order valence-corrected chi connectivity index (χ2v) is 3.87. The van der Waals surface area contributed by atoms with Crippen molar-refractivity contribution in [2.45, 2.75) is 51.0 Å². The van der Waals surface area contributed by atoms with Crippen LogP contribution in [-0.2, 0) is 5.11 Å². The minimum Gasteiger partial charge on any atom is -0.393 e. The van der Waals surface area contributed by atoms with Crippen LogP contribution in [0.4, 0.5) is 0 Å². The third kappa shape index (κ3) is 3.55. The molecule has 1 rings (SSSR count). The molecule has 1 aliphatic carbocycles. The van der Waals surface area contributed by atoms with E-state index >= 15 is 0 Å². The van der Waals surface area contributed by atoms with Gasteiger partial charge in [0, 0.05) is 0 Å². The van der Waals surface area contributed by atoms with E-state index in [-0.39, 0.29) is 12.7 Å². The summed E-state index contributed by atoms with van der Waals surface area (Å²) >= 11 is 0. The number of aliphatic hydroxyl groups is 1. The number of rotatable bonds is 4. The molecule has 2 heteroatoms. The number of hydrogen-bond acceptors (Lipinski definition) is 1. The predicted octanol–water partition coefficient (Wildman–Crippen LogP) is 2.14. The molecule has 0 aromatic carbocycles. The van der Waals surface area contributed by atoms with Gasteiger partial charge in [-0.3, -0.25) is 0 Å². The molecule has 0 spiro atoms. The summed E-state index contributed by atoms with van der Waals surface area (Å²) in [5, 5.41) is 19.4. The summed E-state index contributed by atoms with van der Waals surface area (Å²) in [5.41, 5.74) is 0. The Balaban J connectivity index is 2.01. The molecule has 1 saturated carbocycles. The van der Waals surface area contributed by atoms with Crippen LogP contribution in [-0.4, -0.2) is 17.8 Å². The van der Waals surface area contributed by atoms with Gasteiger partial charge in [0.05, 0.1) is 12.7 Å². The third-order valence-electron chi connectivity index (χ3n) is 2.82. The summed E-state index contributed by atoms with van der Waals surface area (Å²) in [6, 6.07) is 0. The van der Waals surface area contributed by atoms with Gasteiger partial charge in [-0.2, -0.15) is 0 Å². The van der Waals surface area contributed by atoms with Crippen LogP contribution >= 0.6 is 0 Å². The van der Waals surface area contributed by atoms with E-state index in [2.05, 4.69) is 0 Å². The van der Waals surface area contributed by atoms with E-state index < -0.39 is 0 Å². The van der Waals surface area contributed by atoms with Gasteiger partial charge in [-0.1, -0.05) is 12.8 Å². The highest BCUT2D eigenvalue weighted by atomic mass is 16.3. The van der Waals surface area contributed by atoms with Crippen LogP contribution in [0.15, 0.2) is 0 Å². The van der Waals surface area contributed by atoms with Gasteiger partial charge in [0.2, 0.25) is 0 Å². The third-order valence-corrected chi connectivity index (χ3v) is 2.82. The smallest absolute Gasteiger partial charge is 0.0822 e. The van der Waals surface area contributed by atoms with Gasteiger partial charge in [-0.25, -0.2) is 5.11 Å². The molecule has 1 fully saturated rings. The maximum atomic E-state index is 10.2. The SMILES string of the molecule is [O]CCCCC1CCC(O)CC1. The van der Waals surface area contributed by atoms with Gasteiger partial charge < -0.3 is 5.11 Å². The van der Waals surface area contributed by atoms with Gasteiger partial charge in [0.1, 0.15) is 0 Å². The molecule has 1 aliphatic rings. The standard InChI is InChI=1S/C10H19O2/c11-8-2-1-3-9-4-6-10(12)7-5-9/h9-10,12H,1-8H2. The molecule has 0 saturated heterocycles. The second kappa shape index (κ2) is 5.55. The van der Waals surface area contributed by atoms with Crippen LogP contribution in [0, 0.1) is 5.92 Å². The van der Waals surface area contributed by atoms with Crippen LogP contribution in [0.25, 0.3) is 0 Å². The summed E-state index contributed by atoms with van der Waals surface area (Å²) in [5.74, 6) is 0.792. The Hall–Kier alpha value is -0.0800. The number of aliphatic hydroxyl groups excluding tert-OH is 1. The Morgan fingerprint density at radius 1 is 1.08 bits per heavy atom. The normalized spacial score (nSPS) is 30.5. The molecule has 0 atom stereocenters. The fourth-order valence-electron chi connectivity index (χ4n) is 1.97. The van der Waals surface area contributed by atoms with E-state index in [1.165, 1.54) is 19.3 Å². The van der Waals surface area contributed by atoms with Gasteiger partial charge in [0.25, 0.3) is 0 Å². The topological polar surface area (TPSA) is 40.1 Å². The Bertz CT molecular complexity index is 106. The number of hydrogen-bond donors (Lipinski definition) is 1. The lowest BCUT2D eigenvalue weighted by atomic mass is 9.84. The van der Waals surface area contributed by atoms with Gasteiger partial charge in [-0.15, -0.1) is 0 Å². The first-order valence-electron chi connectivity index (χ1n) is 5.09. The molecule has 0 aromatic heterocycles. The molecule has 0 aliphatic heterocycles. The lowest BCUT2D eigenvalue weighted by Gasteiger charge is -2.25. The van der Waals surface area contributed by atoms with Crippen LogP contribution in [0.5, 0.6) is 0 Å². The molecule has 2 nitrogen and oxygen atoms in total. The second-order valence-electron chi connectivity index (χ2n) is 3.87. The number of unbranched alkanes of at least 4 members (excludes halogenated alkanes) is 1. The summed E-state index contributed by atoms with van der Waals surface area (Å²) in [6.07, 6.45) is 7.36. The van der Waals surface area contributed by atoms with Crippen LogP contribution in [0.1, 0.15) is 44.9 Å². The van der Waals surface area contributed by atoms with Crippen LogP contribution < -0.4 is 0 Å². The molecule has 0 unspecified atom stereocenters. The molecular formula is C10H19O2. The van der Waals surface area contributed by atoms with Crippen molar-refractivity contribution >= 4 is 0 Å². The van der Waals surface area contributed by atoms with Crippen molar-refractivity contribution in [1.29, 1.82) is 0 Å². The van der Waals surface area contributed by atoms with Crippen molar-refractivity contribution in [3.63, 3.8) is 0 Å². The van der Waals surface area contributed by atoms with Gasteiger partial charge in [0.15, 0.2) is 0 Å². The molecule has 0 bridgehead atoms. The van der Waals surface area contributed by atoms with Crippen molar-refractivity contribution in [3.05, 3.63) is 0 Å². The molecule has 1 radical (unpaired) electrons. The van der Waals surface area contributed by atoms with Crippen molar-refractivity contribution < 1.29 is 10.2 Å². The average Bonchev–Trinajstić information content (AvgIpc) is 2.09. The maximum absolute atomic E-state index is 10.2. The van der Waals surface area contributed by atoms with Crippen molar-refractivity contribution in [2.24, 2.45) is 5.92 Å². The molecular weight excluding hydrogens is 152 g/mol. The average molecular weight is 171 g/mol. The van der Waals surface area contributed by atoms with E-state index in [4.69, 9.17) is 0 Å². The van der Waals surface area contributed by atoms with E-state index in [0.29, 0.717) is 0 Å². The fraction of sp³-hybridized carbons (Fsp3) is 1.00. The quantitative estimate of drug-likeness (QED) is 0.647. The van der Waals surface area contributed by atoms with E-state index in [1.807, 2.05) is 0 Å². The van der Waals surface area contributed by atoms with Crippen LogP contribution in [0.3, 0.4) is 0 Å². The first kappa shape index (κ1) is 10.0. The molecule has 1 N–H and O–H groups in total. The maximum Gasteiger partial charge on any atom is 0.0822 e. The molecule has 0 heterocycles. The summed E-state index contributed by atoms with van der Waals surface area (Å²) in [7, 11) is 0. The lowest BCUT2D eigenvalue weighted by Crippen LogP contribution is -2.18. The molecule has 0 amide bonds. The summed E-state index contributed by atoms with van der Waals surface area (Å²) in [6.45, 7) is 0.0787. The summed E-state index contributed by atoms with van der Waals surface area (Å²) < 4.78 is 0. The van der Waals surface area contributed by atoms with E-state index in [9.17, 15) is 10.2 Å². The zero-order valence-electron chi connectivity index (χ0n) is 7.67. The van der Waals surface area contributed by atoms with Crippen molar-refractivity contribution in [2.75, 3.05) is 6.61 Å². The predicted molar refractivity (Wildman–Crippen MR) is 47.4 cm³/mol.